The number of amides is 1. The van der Waals surface area contributed by atoms with Crippen LogP contribution in [0.1, 0.15) is 18.4 Å². The van der Waals surface area contributed by atoms with Crippen LogP contribution in [0.25, 0.3) is 0 Å². The van der Waals surface area contributed by atoms with Gasteiger partial charge >= 0.3 is 6.09 Å². The Labute approximate surface area is 105 Å². The number of rotatable bonds is 2. The molecular formula is C13H15NO4. The van der Waals surface area contributed by atoms with Gasteiger partial charge in [0.25, 0.3) is 0 Å². The first-order valence-electron chi connectivity index (χ1n) is 6.00. The van der Waals surface area contributed by atoms with Gasteiger partial charge in [0.1, 0.15) is 13.2 Å². The molecule has 5 heteroatoms. The van der Waals surface area contributed by atoms with Gasteiger partial charge in [0.2, 0.25) is 0 Å². The van der Waals surface area contributed by atoms with Gasteiger partial charge in [-0.1, -0.05) is 6.07 Å². The van der Waals surface area contributed by atoms with E-state index in [-0.39, 0.29) is 5.54 Å². The van der Waals surface area contributed by atoms with Crippen molar-refractivity contribution >= 4 is 6.09 Å². The van der Waals surface area contributed by atoms with E-state index in [9.17, 15) is 4.79 Å². The first kappa shape index (κ1) is 11.2. The second-order valence-corrected chi connectivity index (χ2v) is 4.56. The molecule has 0 radical (unpaired) electrons. The predicted octanol–water partition coefficient (Wildman–Crippen LogP) is 1.80. The van der Waals surface area contributed by atoms with Crippen molar-refractivity contribution in [3.8, 4) is 11.5 Å². The third-order valence-corrected chi connectivity index (χ3v) is 3.37. The molecule has 1 saturated carbocycles. The zero-order valence-corrected chi connectivity index (χ0v) is 10.2. The molecule has 0 bridgehead atoms. The van der Waals surface area contributed by atoms with Gasteiger partial charge in [0.05, 0.1) is 12.6 Å². The van der Waals surface area contributed by atoms with Gasteiger partial charge in [-0.25, -0.2) is 4.79 Å². The van der Waals surface area contributed by atoms with Crippen molar-refractivity contribution in [2.75, 3.05) is 20.3 Å². The number of ether oxygens (including phenoxy) is 3. The fourth-order valence-electron chi connectivity index (χ4n) is 2.20. The second kappa shape index (κ2) is 4.08. The van der Waals surface area contributed by atoms with Gasteiger partial charge in [-0.3, -0.25) is 0 Å². The lowest BCUT2D eigenvalue weighted by Crippen LogP contribution is -2.34. The Kier molecular flexibility index (Phi) is 2.54. The Morgan fingerprint density at radius 1 is 1.28 bits per heavy atom. The van der Waals surface area contributed by atoms with Crippen molar-refractivity contribution < 1.29 is 19.0 Å². The lowest BCUT2D eigenvalue weighted by atomic mass is 10.0. The van der Waals surface area contributed by atoms with E-state index in [4.69, 9.17) is 9.47 Å². The summed E-state index contributed by atoms with van der Waals surface area (Å²) in [6.07, 6.45) is 1.44. The van der Waals surface area contributed by atoms with Crippen LogP contribution in [0.4, 0.5) is 4.79 Å². The highest BCUT2D eigenvalue weighted by Crippen LogP contribution is 2.47. The molecule has 0 unspecified atom stereocenters. The molecule has 1 aromatic rings. The maximum absolute atomic E-state index is 11.3. The summed E-state index contributed by atoms with van der Waals surface area (Å²) >= 11 is 0. The maximum atomic E-state index is 11.3. The molecule has 1 amide bonds. The van der Waals surface area contributed by atoms with E-state index in [1.807, 2.05) is 18.2 Å². The summed E-state index contributed by atoms with van der Waals surface area (Å²) in [5.41, 5.74) is 0.750. The smallest absolute Gasteiger partial charge is 0.407 e. The fourth-order valence-corrected chi connectivity index (χ4v) is 2.20. The van der Waals surface area contributed by atoms with Crippen molar-refractivity contribution in [3.05, 3.63) is 23.8 Å². The summed E-state index contributed by atoms with van der Waals surface area (Å²) in [5, 5.41) is 2.88. The highest BCUT2D eigenvalue weighted by atomic mass is 16.6. The SMILES string of the molecule is COC(=O)NC1(c2ccc3c(c2)OCCO3)CC1. The van der Waals surface area contributed by atoms with Crippen molar-refractivity contribution in [2.45, 2.75) is 18.4 Å². The molecule has 0 saturated heterocycles. The average Bonchev–Trinajstić information content (AvgIpc) is 3.19. The van der Waals surface area contributed by atoms with Crippen molar-refractivity contribution in [3.63, 3.8) is 0 Å². The molecule has 96 valence electrons. The van der Waals surface area contributed by atoms with Gasteiger partial charge in [0, 0.05) is 0 Å². The number of nitrogens with one attached hydrogen (secondary N) is 1. The van der Waals surface area contributed by atoms with E-state index < -0.39 is 6.09 Å². The van der Waals surface area contributed by atoms with Crippen LogP contribution in [-0.2, 0) is 10.3 Å². The van der Waals surface area contributed by atoms with E-state index in [1.54, 1.807) is 0 Å². The molecule has 0 atom stereocenters. The summed E-state index contributed by atoms with van der Waals surface area (Å²) in [6, 6.07) is 5.80. The number of hydrogen-bond donors (Lipinski definition) is 1. The predicted molar refractivity (Wildman–Crippen MR) is 63.9 cm³/mol. The Morgan fingerprint density at radius 2 is 2.00 bits per heavy atom. The zero-order chi connectivity index (χ0) is 12.6. The van der Waals surface area contributed by atoms with Gasteiger partial charge in [0.15, 0.2) is 11.5 Å². The molecule has 3 rings (SSSR count). The first-order chi connectivity index (χ1) is 8.73. The number of alkyl carbamates (subject to hydrolysis) is 1. The number of methoxy groups -OCH3 is 1. The van der Waals surface area contributed by atoms with E-state index in [2.05, 4.69) is 10.1 Å². The van der Waals surface area contributed by atoms with Crippen LogP contribution < -0.4 is 14.8 Å². The number of carbonyl (C=O) groups is 1. The van der Waals surface area contributed by atoms with Crippen molar-refractivity contribution in [1.29, 1.82) is 0 Å². The van der Waals surface area contributed by atoms with Crippen LogP contribution in [0, 0.1) is 0 Å². The minimum Gasteiger partial charge on any atom is -0.486 e. The Balaban J connectivity index is 1.86. The highest BCUT2D eigenvalue weighted by molar-refractivity contribution is 5.69. The summed E-state index contributed by atoms with van der Waals surface area (Å²) < 4.78 is 15.7. The van der Waals surface area contributed by atoms with Crippen LogP contribution >= 0.6 is 0 Å². The molecule has 1 aliphatic heterocycles. The highest BCUT2D eigenvalue weighted by Gasteiger charge is 2.46. The molecule has 18 heavy (non-hydrogen) atoms. The average molecular weight is 249 g/mol. The summed E-state index contributed by atoms with van der Waals surface area (Å²) in [6.45, 7) is 1.14. The summed E-state index contributed by atoms with van der Waals surface area (Å²) in [4.78, 5) is 11.3. The number of fused-ring (bicyclic) bond motifs is 1. The topological polar surface area (TPSA) is 56.8 Å². The molecule has 0 spiro atoms. The van der Waals surface area contributed by atoms with Crippen molar-refractivity contribution in [1.82, 2.24) is 5.32 Å². The molecule has 1 aromatic carbocycles. The molecular weight excluding hydrogens is 234 g/mol. The third-order valence-electron chi connectivity index (χ3n) is 3.37. The molecule has 1 N–H and O–H groups in total. The Morgan fingerprint density at radius 3 is 2.67 bits per heavy atom. The van der Waals surface area contributed by atoms with Crippen LogP contribution in [0.5, 0.6) is 11.5 Å². The minimum atomic E-state index is -0.401. The van der Waals surface area contributed by atoms with Crippen LogP contribution in [0.15, 0.2) is 18.2 Å². The second-order valence-electron chi connectivity index (χ2n) is 4.56. The fraction of sp³-hybridized carbons (Fsp3) is 0.462. The standard InChI is InChI=1S/C13H15NO4/c1-16-12(15)14-13(4-5-13)9-2-3-10-11(8-9)18-7-6-17-10/h2-3,8H,4-7H2,1H3,(H,14,15). The quantitative estimate of drug-likeness (QED) is 0.868. The maximum Gasteiger partial charge on any atom is 0.407 e. The van der Waals surface area contributed by atoms with Crippen LogP contribution in [-0.4, -0.2) is 26.4 Å². The van der Waals surface area contributed by atoms with E-state index in [0.29, 0.717) is 13.2 Å². The normalized spacial score (nSPS) is 18.9. The van der Waals surface area contributed by atoms with Gasteiger partial charge < -0.3 is 19.5 Å². The summed E-state index contributed by atoms with van der Waals surface area (Å²) in [5.74, 6) is 1.51. The molecule has 2 aliphatic rings. The molecule has 1 aliphatic carbocycles. The van der Waals surface area contributed by atoms with Gasteiger partial charge in [-0.15, -0.1) is 0 Å². The monoisotopic (exact) mass is 249 g/mol. The lowest BCUT2D eigenvalue weighted by molar-refractivity contribution is 0.164. The van der Waals surface area contributed by atoms with E-state index >= 15 is 0 Å². The number of benzene rings is 1. The van der Waals surface area contributed by atoms with Crippen LogP contribution in [0.3, 0.4) is 0 Å². The van der Waals surface area contributed by atoms with Gasteiger partial charge in [-0.2, -0.15) is 0 Å². The minimum absolute atomic E-state index is 0.289. The largest absolute Gasteiger partial charge is 0.486 e. The van der Waals surface area contributed by atoms with E-state index in [0.717, 1.165) is 29.9 Å². The zero-order valence-electron chi connectivity index (χ0n) is 10.2. The first-order valence-corrected chi connectivity index (χ1v) is 6.00. The molecule has 0 aromatic heterocycles. The lowest BCUT2D eigenvalue weighted by Gasteiger charge is -2.22. The number of hydrogen-bond acceptors (Lipinski definition) is 4. The Hall–Kier alpha value is -1.91. The molecule has 1 heterocycles. The van der Waals surface area contributed by atoms with Crippen LogP contribution in [0.2, 0.25) is 0 Å². The Bertz CT molecular complexity index is 482. The number of carbonyl (C=O) groups excluding carboxylic acids is 1. The van der Waals surface area contributed by atoms with Crippen molar-refractivity contribution in [2.24, 2.45) is 0 Å². The third kappa shape index (κ3) is 1.85. The molecule has 1 fully saturated rings. The van der Waals surface area contributed by atoms with E-state index in [1.165, 1.54) is 7.11 Å². The van der Waals surface area contributed by atoms with Gasteiger partial charge in [-0.05, 0) is 30.5 Å². The summed E-state index contributed by atoms with van der Waals surface area (Å²) in [7, 11) is 1.37. The molecule has 5 nitrogen and oxygen atoms in total.